The van der Waals surface area contributed by atoms with Crippen molar-refractivity contribution < 1.29 is 18.1 Å². The molecule has 1 aromatic carbocycles. The van der Waals surface area contributed by atoms with Crippen LogP contribution in [0.5, 0.6) is 0 Å². The second-order valence-electron chi connectivity index (χ2n) is 7.14. The van der Waals surface area contributed by atoms with Crippen molar-refractivity contribution in [1.82, 2.24) is 9.62 Å². The van der Waals surface area contributed by atoms with Crippen molar-refractivity contribution in [2.45, 2.75) is 50.5 Å². The van der Waals surface area contributed by atoms with Gasteiger partial charge in [0.05, 0.1) is 9.82 Å². The van der Waals surface area contributed by atoms with E-state index in [-0.39, 0.29) is 28.4 Å². The highest BCUT2D eigenvalue weighted by molar-refractivity contribution is 7.89. The minimum absolute atomic E-state index is 0.0549. The van der Waals surface area contributed by atoms with Crippen LogP contribution in [-0.2, 0) is 14.8 Å². The minimum atomic E-state index is -3.87. The molecule has 0 aromatic heterocycles. The quantitative estimate of drug-likeness (QED) is 0.619. The van der Waals surface area contributed by atoms with Gasteiger partial charge in [-0.2, -0.15) is 0 Å². The van der Waals surface area contributed by atoms with Crippen molar-refractivity contribution in [2.24, 2.45) is 5.92 Å². The molecule has 26 heavy (non-hydrogen) atoms. The van der Waals surface area contributed by atoms with Gasteiger partial charge in [0.1, 0.15) is 0 Å². The molecule has 1 amide bonds. The number of hydrogen-bond acceptors (Lipinski definition) is 5. The van der Waals surface area contributed by atoms with Crippen molar-refractivity contribution in [3.05, 3.63) is 33.4 Å². The molecule has 0 unspecified atom stereocenters. The van der Waals surface area contributed by atoms with Gasteiger partial charge in [-0.1, -0.05) is 0 Å². The highest BCUT2D eigenvalue weighted by Gasteiger charge is 2.35. The normalized spacial score (nSPS) is 18.8. The SMILES string of the molecule is Cc1cc([N+](=O)[O-])cc(S(=O)(=O)NC2CCN(C(=O)C3CC3)CC2)c1C. The summed E-state index contributed by atoms with van der Waals surface area (Å²) in [7, 11) is -3.87. The number of likely N-dealkylation sites (tertiary alicyclic amines) is 1. The average Bonchev–Trinajstić information content (AvgIpc) is 3.41. The molecular formula is C17H23N3O5S. The van der Waals surface area contributed by atoms with Crippen LogP contribution in [0.2, 0.25) is 0 Å². The summed E-state index contributed by atoms with van der Waals surface area (Å²) in [6.07, 6.45) is 3.00. The Hall–Kier alpha value is -2.00. The van der Waals surface area contributed by atoms with E-state index >= 15 is 0 Å². The smallest absolute Gasteiger partial charge is 0.271 e. The van der Waals surface area contributed by atoms with E-state index in [9.17, 15) is 23.3 Å². The van der Waals surface area contributed by atoms with Crippen LogP contribution in [0.1, 0.15) is 36.8 Å². The van der Waals surface area contributed by atoms with E-state index in [0.717, 1.165) is 18.9 Å². The zero-order valence-electron chi connectivity index (χ0n) is 14.9. The van der Waals surface area contributed by atoms with E-state index in [1.165, 1.54) is 6.07 Å². The van der Waals surface area contributed by atoms with Gasteiger partial charge in [-0.25, -0.2) is 13.1 Å². The Labute approximate surface area is 152 Å². The van der Waals surface area contributed by atoms with Crippen LogP contribution in [-0.4, -0.2) is 43.3 Å². The van der Waals surface area contributed by atoms with Gasteiger partial charge in [-0.15, -0.1) is 0 Å². The maximum Gasteiger partial charge on any atom is 0.271 e. The van der Waals surface area contributed by atoms with Gasteiger partial charge in [0, 0.05) is 37.2 Å². The highest BCUT2D eigenvalue weighted by atomic mass is 32.2. The van der Waals surface area contributed by atoms with E-state index in [4.69, 9.17) is 0 Å². The summed E-state index contributed by atoms with van der Waals surface area (Å²) in [4.78, 5) is 24.3. The monoisotopic (exact) mass is 381 g/mol. The van der Waals surface area contributed by atoms with Crippen LogP contribution >= 0.6 is 0 Å². The molecule has 8 nitrogen and oxygen atoms in total. The van der Waals surface area contributed by atoms with Crippen LogP contribution in [0.3, 0.4) is 0 Å². The van der Waals surface area contributed by atoms with E-state index in [1.807, 2.05) is 4.90 Å². The molecule has 1 saturated carbocycles. The van der Waals surface area contributed by atoms with Crippen LogP contribution in [0.25, 0.3) is 0 Å². The van der Waals surface area contributed by atoms with Crippen LogP contribution in [0.15, 0.2) is 17.0 Å². The number of amides is 1. The molecule has 1 aliphatic carbocycles. The number of benzene rings is 1. The van der Waals surface area contributed by atoms with E-state index in [2.05, 4.69) is 4.72 Å². The first-order valence-electron chi connectivity index (χ1n) is 8.76. The molecule has 1 saturated heterocycles. The van der Waals surface area contributed by atoms with Crippen molar-refractivity contribution in [1.29, 1.82) is 0 Å². The molecule has 9 heteroatoms. The summed E-state index contributed by atoms with van der Waals surface area (Å²) in [5.41, 5.74) is 0.826. The number of nitro groups is 1. The van der Waals surface area contributed by atoms with Crippen molar-refractivity contribution in [3.8, 4) is 0 Å². The first-order chi connectivity index (χ1) is 12.2. The largest absolute Gasteiger partial charge is 0.342 e. The van der Waals surface area contributed by atoms with Crippen LogP contribution in [0, 0.1) is 29.9 Å². The third-order valence-electron chi connectivity index (χ3n) is 5.16. The number of carbonyl (C=O) groups excluding carboxylic acids is 1. The van der Waals surface area contributed by atoms with Gasteiger partial charge >= 0.3 is 0 Å². The minimum Gasteiger partial charge on any atom is -0.342 e. The third-order valence-corrected chi connectivity index (χ3v) is 6.81. The maximum absolute atomic E-state index is 12.8. The Morgan fingerprint density at radius 1 is 1.19 bits per heavy atom. The van der Waals surface area contributed by atoms with Gasteiger partial charge in [0.15, 0.2) is 0 Å². The molecule has 0 atom stereocenters. The Bertz CT molecular complexity index is 840. The van der Waals surface area contributed by atoms with Gasteiger partial charge in [-0.3, -0.25) is 14.9 Å². The second kappa shape index (κ2) is 6.96. The standard InChI is InChI=1S/C17H23N3O5S/c1-11-9-15(20(22)23)10-16(12(11)2)26(24,25)18-14-5-7-19(8-6-14)17(21)13-3-4-13/h9-10,13-14,18H,3-8H2,1-2H3. The second-order valence-corrected chi connectivity index (χ2v) is 8.82. The number of rotatable bonds is 5. The average molecular weight is 381 g/mol. The molecule has 1 aromatic rings. The Balaban J connectivity index is 1.72. The fourth-order valence-electron chi connectivity index (χ4n) is 3.28. The number of nitro benzene ring substituents is 1. The molecule has 142 valence electrons. The fraction of sp³-hybridized carbons (Fsp3) is 0.588. The van der Waals surface area contributed by atoms with Gasteiger partial charge in [0.2, 0.25) is 15.9 Å². The summed E-state index contributed by atoms with van der Waals surface area (Å²) in [6, 6.07) is 2.20. The van der Waals surface area contributed by atoms with Crippen molar-refractivity contribution >= 4 is 21.6 Å². The molecule has 0 spiro atoms. The number of hydrogen-bond donors (Lipinski definition) is 1. The van der Waals surface area contributed by atoms with Gasteiger partial charge in [0.25, 0.3) is 5.69 Å². The van der Waals surface area contributed by atoms with E-state index in [1.54, 1.807) is 13.8 Å². The summed E-state index contributed by atoms with van der Waals surface area (Å²) in [5.74, 6) is 0.343. The number of nitrogens with one attached hydrogen (secondary N) is 1. The predicted molar refractivity (Wildman–Crippen MR) is 95.2 cm³/mol. The topological polar surface area (TPSA) is 110 Å². The highest BCUT2D eigenvalue weighted by Crippen LogP contribution is 2.32. The number of piperidine rings is 1. The van der Waals surface area contributed by atoms with Gasteiger partial charge < -0.3 is 4.90 Å². The lowest BCUT2D eigenvalue weighted by atomic mass is 10.1. The first-order valence-corrected chi connectivity index (χ1v) is 10.2. The number of carbonyl (C=O) groups is 1. The molecule has 1 aliphatic heterocycles. The Morgan fingerprint density at radius 2 is 1.81 bits per heavy atom. The van der Waals surface area contributed by atoms with Crippen LogP contribution < -0.4 is 4.72 Å². The number of nitrogens with zero attached hydrogens (tertiary/aromatic N) is 2. The van der Waals surface area contributed by atoms with E-state index in [0.29, 0.717) is 37.1 Å². The third kappa shape index (κ3) is 3.88. The lowest BCUT2D eigenvalue weighted by Gasteiger charge is -2.32. The maximum atomic E-state index is 12.8. The molecule has 2 aliphatic rings. The van der Waals surface area contributed by atoms with Gasteiger partial charge in [-0.05, 0) is 50.7 Å². The fourth-order valence-corrected chi connectivity index (χ4v) is 4.92. The lowest BCUT2D eigenvalue weighted by Crippen LogP contribution is -2.47. The lowest BCUT2D eigenvalue weighted by molar-refractivity contribution is -0.385. The molecule has 2 fully saturated rings. The van der Waals surface area contributed by atoms with Crippen molar-refractivity contribution in [3.63, 3.8) is 0 Å². The number of sulfonamides is 1. The molecule has 0 bridgehead atoms. The van der Waals surface area contributed by atoms with E-state index < -0.39 is 14.9 Å². The Morgan fingerprint density at radius 3 is 2.35 bits per heavy atom. The molecule has 0 radical (unpaired) electrons. The first kappa shape index (κ1) is 18.8. The zero-order chi connectivity index (χ0) is 19.1. The Kier molecular flexibility index (Phi) is 5.03. The zero-order valence-corrected chi connectivity index (χ0v) is 15.7. The van der Waals surface area contributed by atoms with Crippen LogP contribution in [0.4, 0.5) is 5.69 Å². The van der Waals surface area contributed by atoms with Crippen molar-refractivity contribution in [2.75, 3.05) is 13.1 Å². The number of aryl methyl sites for hydroxylation is 1. The molecular weight excluding hydrogens is 358 g/mol. The summed E-state index contributed by atoms with van der Waals surface area (Å²) in [6.45, 7) is 4.37. The summed E-state index contributed by atoms with van der Waals surface area (Å²) >= 11 is 0. The molecule has 1 N–H and O–H groups in total. The summed E-state index contributed by atoms with van der Waals surface area (Å²) in [5, 5.41) is 11.0. The molecule has 3 rings (SSSR count). The predicted octanol–water partition coefficient (Wildman–Crippen LogP) is 1.89. The summed E-state index contributed by atoms with van der Waals surface area (Å²) < 4.78 is 28.2. The molecule has 1 heterocycles. The number of non-ortho nitro benzene ring substituents is 1.